The second-order valence-electron chi connectivity index (χ2n) is 9.37. The number of hydrogen-bond donors (Lipinski definition) is 4. The molecule has 5 N–H and O–H groups in total. The summed E-state index contributed by atoms with van der Waals surface area (Å²) in [5.41, 5.74) is 12.7. The van der Waals surface area contributed by atoms with Crippen molar-refractivity contribution in [3.05, 3.63) is 70.7 Å². The largest absolute Gasteiger partial charge is 0.490 e. The van der Waals surface area contributed by atoms with Gasteiger partial charge in [-0.1, -0.05) is 13.5 Å². The minimum atomic E-state index is -0.337. The third kappa shape index (κ3) is 5.36. The van der Waals surface area contributed by atoms with E-state index in [4.69, 9.17) is 10.5 Å². The van der Waals surface area contributed by atoms with E-state index in [2.05, 4.69) is 34.1 Å². The number of nitrogens with zero attached hydrogens (tertiary/aromatic N) is 2. The fourth-order valence-corrected chi connectivity index (χ4v) is 4.61. The van der Waals surface area contributed by atoms with Gasteiger partial charge in [0, 0.05) is 48.6 Å². The summed E-state index contributed by atoms with van der Waals surface area (Å²) in [5, 5.41) is 5.73. The zero-order valence-corrected chi connectivity index (χ0v) is 21.1. The van der Waals surface area contributed by atoms with Gasteiger partial charge < -0.3 is 31.0 Å². The van der Waals surface area contributed by atoms with Gasteiger partial charge in [0.2, 0.25) is 5.91 Å². The van der Waals surface area contributed by atoms with Crippen molar-refractivity contribution in [3.63, 3.8) is 0 Å². The average molecular weight is 491 g/mol. The molecule has 36 heavy (non-hydrogen) atoms. The zero-order chi connectivity index (χ0) is 25.8. The van der Waals surface area contributed by atoms with Crippen LogP contribution in [0.15, 0.2) is 47.6 Å². The Labute approximate surface area is 211 Å². The molecular formula is C27H34N6O3. The van der Waals surface area contributed by atoms with Crippen LogP contribution in [0.4, 0.5) is 5.69 Å². The van der Waals surface area contributed by atoms with Gasteiger partial charge in [-0.05, 0) is 62.3 Å². The normalized spacial score (nSPS) is 18.4. The molecule has 2 heterocycles. The van der Waals surface area contributed by atoms with Crippen LogP contribution < -0.4 is 21.1 Å². The summed E-state index contributed by atoms with van der Waals surface area (Å²) >= 11 is 0. The molecule has 9 heteroatoms. The van der Waals surface area contributed by atoms with Crippen molar-refractivity contribution < 1.29 is 14.3 Å². The number of aromatic amines is 1. The Morgan fingerprint density at radius 2 is 2.14 bits per heavy atom. The predicted octanol–water partition coefficient (Wildman–Crippen LogP) is 2.70. The van der Waals surface area contributed by atoms with Crippen molar-refractivity contribution in [2.24, 2.45) is 10.7 Å². The van der Waals surface area contributed by atoms with Crippen molar-refractivity contribution in [2.75, 3.05) is 39.1 Å². The quantitative estimate of drug-likeness (QED) is 0.257. The number of rotatable bonds is 8. The fraction of sp³-hybridized carbons (Fsp3) is 0.370. The number of likely N-dealkylation sites (N-methyl/N-ethyl adjacent to an activating group) is 1. The summed E-state index contributed by atoms with van der Waals surface area (Å²) in [7, 11) is 3.93. The lowest BCUT2D eigenvalue weighted by Gasteiger charge is -2.23. The molecule has 0 spiro atoms. The lowest BCUT2D eigenvalue weighted by Crippen LogP contribution is -2.32. The average Bonchev–Trinajstić information content (AvgIpc) is 3.25. The van der Waals surface area contributed by atoms with Gasteiger partial charge in [0.1, 0.15) is 18.2 Å². The van der Waals surface area contributed by atoms with Crippen LogP contribution in [-0.4, -0.2) is 61.3 Å². The van der Waals surface area contributed by atoms with Crippen LogP contribution >= 0.6 is 0 Å². The fourth-order valence-electron chi connectivity index (χ4n) is 4.61. The zero-order valence-electron chi connectivity index (χ0n) is 21.1. The molecule has 4 rings (SSSR count). The molecule has 1 aliphatic heterocycles. The monoisotopic (exact) mass is 490 g/mol. The minimum Gasteiger partial charge on any atom is -0.490 e. The molecule has 0 saturated heterocycles. The summed E-state index contributed by atoms with van der Waals surface area (Å²) in [6.07, 6.45) is 5.45. The molecule has 2 aromatic rings. The highest BCUT2D eigenvalue weighted by molar-refractivity contribution is 6.03. The Balaban J connectivity index is 1.56. The molecule has 1 aromatic carbocycles. The van der Waals surface area contributed by atoms with E-state index in [-0.39, 0.29) is 17.7 Å². The van der Waals surface area contributed by atoms with Gasteiger partial charge in [-0.15, -0.1) is 0 Å². The number of H-pyrrole nitrogens is 1. The van der Waals surface area contributed by atoms with Gasteiger partial charge in [-0.2, -0.15) is 0 Å². The molecule has 0 saturated carbocycles. The van der Waals surface area contributed by atoms with Crippen LogP contribution in [0.1, 0.15) is 52.1 Å². The van der Waals surface area contributed by atoms with Crippen molar-refractivity contribution >= 4 is 23.3 Å². The first-order valence-electron chi connectivity index (χ1n) is 12.2. The van der Waals surface area contributed by atoms with E-state index in [1.807, 2.05) is 31.3 Å². The number of amidine groups is 1. The molecule has 1 aromatic heterocycles. The molecule has 2 amide bonds. The van der Waals surface area contributed by atoms with E-state index >= 15 is 0 Å². The number of aromatic nitrogens is 1. The number of anilines is 1. The maximum absolute atomic E-state index is 12.4. The number of nitrogens with one attached hydrogen (secondary N) is 3. The van der Waals surface area contributed by atoms with Gasteiger partial charge >= 0.3 is 0 Å². The number of ether oxygens (including phenoxy) is 1. The maximum Gasteiger partial charge on any atom is 0.253 e. The first-order chi connectivity index (χ1) is 17.3. The van der Waals surface area contributed by atoms with Gasteiger partial charge in [0.15, 0.2) is 0 Å². The van der Waals surface area contributed by atoms with E-state index in [0.29, 0.717) is 36.0 Å². The Hall–Kier alpha value is -3.85. The molecule has 1 atom stereocenters. The number of benzene rings is 1. The summed E-state index contributed by atoms with van der Waals surface area (Å²) in [5.74, 6) is 0.675. The highest BCUT2D eigenvalue weighted by atomic mass is 16.5. The van der Waals surface area contributed by atoms with Crippen LogP contribution in [0.3, 0.4) is 0 Å². The second-order valence-corrected chi connectivity index (χ2v) is 9.37. The molecule has 9 nitrogen and oxygen atoms in total. The minimum absolute atomic E-state index is 0.0177. The Kier molecular flexibility index (Phi) is 7.59. The number of fused-ring (bicyclic) bond motifs is 3. The standard InChI is InChI=1S/C27H34N6O3/c1-5-23(34)31-21-14-17(7-9-22(21)36-13-12-33(3)4)26(28)30-15-18-6-8-19-24-20(10-11-29-27(24)35)32-25(19)16(18)2/h5,7,9,14-16,32H,1,6,8,10-13H2,2-4H3,(H2,28,30)(H,29,35)(H,31,34)/b18-15-. The lowest BCUT2D eigenvalue weighted by atomic mass is 9.83. The van der Waals surface area contributed by atoms with Gasteiger partial charge in [-0.3, -0.25) is 9.59 Å². The number of aliphatic imine (C=N–C) groups is 1. The maximum atomic E-state index is 12.4. The Bertz CT molecular complexity index is 1240. The summed E-state index contributed by atoms with van der Waals surface area (Å²) < 4.78 is 5.86. The molecule has 1 unspecified atom stereocenters. The summed E-state index contributed by atoms with van der Waals surface area (Å²) in [4.78, 5) is 34.4. The number of carbonyl (C=O) groups is 2. The van der Waals surface area contributed by atoms with E-state index in [1.165, 1.54) is 6.08 Å². The SMILES string of the molecule is C=CC(=O)Nc1cc(C(N)=N/C=C2/CCc3c([nH]c4c3C(=O)NCC4)C2C)ccc1OCCN(C)C. The molecule has 2 aliphatic rings. The number of allylic oxidation sites excluding steroid dienone is 1. The Morgan fingerprint density at radius 1 is 1.33 bits per heavy atom. The molecular weight excluding hydrogens is 456 g/mol. The summed E-state index contributed by atoms with van der Waals surface area (Å²) in [6, 6.07) is 5.36. The highest BCUT2D eigenvalue weighted by Crippen LogP contribution is 2.38. The number of hydrogen-bond acceptors (Lipinski definition) is 5. The van der Waals surface area contributed by atoms with Crippen molar-refractivity contribution in [2.45, 2.75) is 32.1 Å². The topological polar surface area (TPSA) is 125 Å². The van der Waals surface area contributed by atoms with Crippen LogP contribution in [-0.2, 0) is 17.6 Å². The van der Waals surface area contributed by atoms with E-state index in [0.717, 1.165) is 53.9 Å². The Morgan fingerprint density at radius 3 is 2.89 bits per heavy atom. The third-order valence-electron chi connectivity index (χ3n) is 6.64. The second kappa shape index (κ2) is 10.8. The van der Waals surface area contributed by atoms with Crippen molar-refractivity contribution in [1.29, 1.82) is 0 Å². The number of amides is 2. The lowest BCUT2D eigenvalue weighted by molar-refractivity contribution is -0.111. The molecule has 0 fully saturated rings. The van der Waals surface area contributed by atoms with E-state index in [9.17, 15) is 9.59 Å². The van der Waals surface area contributed by atoms with Crippen molar-refractivity contribution in [1.82, 2.24) is 15.2 Å². The number of carbonyl (C=O) groups excluding carboxylic acids is 2. The summed E-state index contributed by atoms with van der Waals surface area (Å²) in [6.45, 7) is 7.52. The van der Waals surface area contributed by atoms with Crippen LogP contribution in [0.5, 0.6) is 5.75 Å². The molecule has 0 radical (unpaired) electrons. The van der Waals surface area contributed by atoms with E-state index in [1.54, 1.807) is 12.1 Å². The molecule has 1 aliphatic carbocycles. The smallest absolute Gasteiger partial charge is 0.253 e. The van der Waals surface area contributed by atoms with Crippen molar-refractivity contribution in [3.8, 4) is 5.75 Å². The predicted molar refractivity (Wildman–Crippen MR) is 142 cm³/mol. The first kappa shape index (κ1) is 25.2. The first-order valence-corrected chi connectivity index (χ1v) is 12.2. The molecule has 190 valence electrons. The third-order valence-corrected chi connectivity index (χ3v) is 6.64. The van der Waals surface area contributed by atoms with Gasteiger partial charge in [0.25, 0.3) is 5.91 Å². The highest BCUT2D eigenvalue weighted by Gasteiger charge is 2.31. The van der Waals surface area contributed by atoms with Crippen LogP contribution in [0.25, 0.3) is 0 Å². The number of nitrogens with two attached hydrogens (primary N) is 1. The van der Waals surface area contributed by atoms with Crippen LogP contribution in [0, 0.1) is 0 Å². The van der Waals surface area contributed by atoms with Crippen LogP contribution in [0.2, 0.25) is 0 Å². The molecule has 0 bridgehead atoms. The van der Waals surface area contributed by atoms with Gasteiger partial charge in [-0.25, -0.2) is 4.99 Å². The van der Waals surface area contributed by atoms with Gasteiger partial charge in [0.05, 0.1) is 11.3 Å². The van der Waals surface area contributed by atoms with E-state index < -0.39 is 0 Å².